The van der Waals surface area contributed by atoms with Gasteiger partial charge in [0, 0.05) is 18.3 Å². The summed E-state index contributed by atoms with van der Waals surface area (Å²) in [6, 6.07) is 1.75. The first-order chi connectivity index (χ1) is 6.33. The van der Waals surface area contributed by atoms with Gasteiger partial charge in [0.2, 0.25) is 0 Å². The Balaban J connectivity index is 2.29. The molecule has 1 rings (SSSR count). The van der Waals surface area contributed by atoms with E-state index in [1.165, 1.54) is 12.3 Å². The molecule has 0 aliphatic rings. The first-order valence-corrected chi connectivity index (χ1v) is 3.92. The molecule has 13 heavy (non-hydrogen) atoms. The Morgan fingerprint density at radius 2 is 2.69 bits per heavy atom. The van der Waals surface area contributed by atoms with E-state index in [0.717, 1.165) is 5.82 Å². The van der Waals surface area contributed by atoms with Crippen molar-refractivity contribution in [2.24, 2.45) is 0 Å². The van der Waals surface area contributed by atoms with Gasteiger partial charge in [-0.15, -0.1) is 0 Å². The van der Waals surface area contributed by atoms with Crippen LogP contribution in [0.2, 0.25) is 0 Å². The molecule has 0 fully saturated rings. The standard InChI is InChI=1S/C8H11N3O2/c1-2-13-8(12)4-5-9-7-3-6-10-11-7/h3-6H,2H2,1H3,(H2,9,10,11)/b5-4+. The minimum Gasteiger partial charge on any atom is -0.463 e. The van der Waals surface area contributed by atoms with Crippen LogP contribution < -0.4 is 5.32 Å². The molecular weight excluding hydrogens is 170 g/mol. The number of nitrogens with one attached hydrogen (secondary N) is 2. The van der Waals surface area contributed by atoms with Crippen LogP contribution in [0.5, 0.6) is 0 Å². The predicted octanol–water partition coefficient (Wildman–Crippen LogP) is 0.898. The van der Waals surface area contributed by atoms with E-state index in [9.17, 15) is 4.79 Å². The van der Waals surface area contributed by atoms with Gasteiger partial charge < -0.3 is 10.1 Å². The van der Waals surface area contributed by atoms with E-state index in [4.69, 9.17) is 0 Å². The van der Waals surface area contributed by atoms with Crippen molar-refractivity contribution in [1.82, 2.24) is 10.2 Å². The van der Waals surface area contributed by atoms with E-state index in [2.05, 4.69) is 20.3 Å². The van der Waals surface area contributed by atoms with Crippen molar-refractivity contribution in [1.29, 1.82) is 0 Å². The van der Waals surface area contributed by atoms with Gasteiger partial charge in [-0.3, -0.25) is 5.10 Å². The molecule has 70 valence electrons. The van der Waals surface area contributed by atoms with Crippen LogP contribution in [-0.4, -0.2) is 22.8 Å². The zero-order chi connectivity index (χ0) is 9.52. The number of carbonyl (C=O) groups excluding carboxylic acids is 1. The number of nitrogens with zero attached hydrogens (tertiary/aromatic N) is 1. The fourth-order valence-corrected chi connectivity index (χ4v) is 0.726. The maximum Gasteiger partial charge on any atom is 0.332 e. The second kappa shape index (κ2) is 4.97. The second-order valence-corrected chi connectivity index (χ2v) is 2.20. The summed E-state index contributed by atoms with van der Waals surface area (Å²) in [5.74, 6) is 0.357. The van der Waals surface area contributed by atoms with Crippen LogP contribution in [0.4, 0.5) is 5.82 Å². The van der Waals surface area contributed by atoms with E-state index < -0.39 is 0 Å². The van der Waals surface area contributed by atoms with Gasteiger partial charge in [-0.25, -0.2) is 4.79 Å². The number of H-pyrrole nitrogens is 1. The summed E-state index contributed by atoms with van der Waals surface area (Å²) in [6.45, 7) is 2.14. The lowest BCUT2D eigenvalue weighted by molar-refractivity contribution is -0.137. The molecule has 1 aromatic rings. The Labute approximate surface area is 75.8 Å². The molecule has 2 N–H and O–H groups in total. The summed E-state index contributed by atoms with van der Waals surface area (Å²) in [4.78, 5) is 10.8. The maximum atomic E-state index is 10.8. The molecule has 0 amide bonds. The van der Waals surface area contributed by atoms with Gasteiger partial charge in [-0.05, 0) is 6.92 Å². The lowest BCUT2D eigenvalue weighted by Gasteiger charge is -1.95. The van der Waals surface area contributed by atoms with Gasteiger partial charge >= 0.3 is 5.97 Å². The molecule has 0 radical (unpaired) electrons. The Bertz CT molecular complexity index is 280. The van der Waals surface area contributed by atoms with Gasteiger partial charge in [0.25, 0.3) is 0 Å². The van der Waals surface area contributed by atoms with Crippen LogP contribution >= 0.6 is 0 Å². The summed E-state index contributed by atoms with van der Waals surface area (Å²) >= 11 is 0. The zero-order valence-electron chi connectivity index (χ0n) is 7.28. The summed E-state index contributed by atoms with van der Waals surface area (Å²) in [7, 11) is 0. The van der Waals surface area contributed by atoms with E-state index in [0.29, 0.717) is 6.61 Å². The molecule has 0 aromatic carbocycles. The quantitative estimate of drug-likeness (QED) is 0.535. The van der Waals surface area contributed by atoms with Crippen molar-refractivity contribution in [3.8, 4) is 0 Å². The van der Waals surface area contributed by atoms with Crippen LogP contribution in [0.3, 0.4) is 0 Å². The van der Waals surface area contributed by atoms with Crippen LogP contribution in [0.1, 0.15) is 6.92 Å². The number of aromatic amines is 1. The third kappa shape index (κ3) is 3.42. The Hall–Kier alpha value is -1.78. The molecule has 5 heteroatoms. The van der Waals surface area contributed by atoms with Gasteiger partial charge in [0.15, 0.2) is 0 Å². The number of rotatable bonds is 4. The minimum atomic E-state index is -0.366. The maximum absolute atomic E-state index is 10.8. The molecule has 1 heterocycles. The van der Waals surface area contributed by atoms with E-state index in [-0.39, 0.29) is 5.97 Å². The van der Waals surface area contributed by atoms with E-state index in [1.54, 1.807) is 19.2 Å². The van der Waals surface area contributed by atoms with Crippen molar-refractivity contribution < 1.29 is 9.53 Å². The number of carbonyl (C=O) groups is 1. The molecule has 0 aliphatic carbocycles. The number of anilines is 1. The fourth-order valence-electron chi connectivity index (χ4n) is 0.726. The van der Waals surface area contributed by atoms with Gasteiger partial charge in [-0.2, -0.15) is 5.10 Å². The number of hydrogen-bond acceptors (Lipinski definition) is 4. The lowest BCUT2D eigenvalue weighted by atomic mass is 10.6. The topological polar surface area (TPSA) is 67.0 Å². The number of hydrogen-bond donors (Lipinski definition) is 2. The third-order valence-electron chi connectivity index (χ3n) is 1.25. The highest BCUT2D eigenvalue weighted by molar-refractivity contribution is 5.82. The Kier molecular flexibility index (Phi) is 3.56. The summed E-state index contributed by atoms with van der Waals surface area (Å²) < 4.78 is 4.67. The molecule has 0 atom stereocenters. The zero-order valence-corrected chi connectivity index (χ0v) is 7.28. The molecule has 0 aliphatic heterocycles. The number of esters is 1. The van der Waals surface area contributed by atoms with Crippen molar-refractivity contribution >= 4 is 11.8 Å². The van der Waals surface area contributed by atoms with Crippen molar-refractivity contribution in [2.45, 2.75) is 6.92 Å². The summed E-state index contributed by atoms with van der Waals surface area (Å²) in [5.41, 5.74) is 0. The highest BCUT2D eigenvalue weighted by atomic mass is 16.5. The molecule has 1 aromatic heterocycles. The smallest absolute Gasteiger partial charge is 0.332 e. The predicted molar refractivity (Wildman–Crippen MR) is 48.0 cm³/mol. The van der Waals surface area contributed by atoms with Crippen LogP contribution in [0, 0.1) is 0 Å². The van der Waals surface area contributed by atoms with Crippen LogP contribution in [0.25, 0.3) is 0 Å². The third-order valence-corrected chi connectivity index (χ3v) is 1.25. The van der Waals surface area contributed by atoms with Crippen molar-refractivity contribution in [2.75, 3.05) is 11.9 Å². The Morgan fingerprint density at radius 1 is 1.85 bits per heavy atom. The molecule has 0 saturated carbocycles. The molecule has 0 saturated heterocycles. The van der Waals surface area contributed by atoms with E-state index >= 15 is 0 Å². The van der Waals surface area contributed by atoms with Crippen molar-refractivity contribution in [3.05, 3.63) is 24.5 Å². The second-order valence-electron chi connectivity index (χ2n) is 2.20. The van der Waals surface area contributed by atoms with Gasteiger partial charge in [0.05, 0.1) is 12.8 Å². The largest absolute Gasteiger partial charge is 0.463 e. The van der Waals surface area contributed by atoms with E-state index in [1.807, 2.05) is 0 Å². The summed E-state index contributed by atoms with van der Waals surface area (Å²) in [5, 5.41) is 9.21. The average Bonchev–Trinajstić information content (AvgIpc) is 2.57. The molecule has 0 spiro atoms. The normalized spacial score (nSPS) is 10.2. The molecular formula is C8H11N3O2. The minimum absolute atomic E-state index is 0.366. The monoisotopic (exact) mass is 181 g/mol. The summed E-state index contributed by atoms with van der Waals surface area (Å²) in [6.07, 6.45) is 4.41. The highest BCUT2D eigenvalue weighted by Gasteiger charge is 1.92. The van der Waals surface area contributed by atoms with Gasteiger partial charge in [0.1, 0.15) is 5.82 Å². The molecule has 0 unspecified atom stereocenters. The number of ether oxygens (including phenoxy) is 1. The van der Waals surface area contributed by atoms with Gasteiger partial charge in [-0.1, -0.05) is 0 Å². The van der Waals surface area contributed by atoms with Crippen LogP contribution in [0.15, 0.2) is 24.5 Å². The first-order valence-electron chi connectivity index (χ1n) is 3.92. The fraction of sp³-hybridized carbons (Fsp3) is 0.250. The van der Waals surface area contributed by atoms with Crippen LogP contribution in [-0.2, 0) is 9.53 Å². The highest BCUT2D eigenvalue weighted by Crippen LogP contribution is 1.97. The first kappa shape index (κ1) is 9.31. The molecule has 5 nitrogen and oxygen atoms in total. The number of aromatic nitrogens is 2. The van der Waals surface area contributed by atoms with Crippen molar-refractivity contribution in [3.63, 3.8) is 0 Å². The molecule has 0 bridgehead atoms. The Morgan fingerprint density at radius 3 is 3.31 bits per heavy atom. The lowest BCUT2D eigenvalue weighted by Crippen LogP contribution is -2.00. The average molecular weight is 181 g/mol. The SMILES string of the molecule is CCOC(=O)/C=C/Nc1ccn[nH]1.